The van der Waals surface area contributed by atoms with Gasteiger partial charge < -0.3 is 23.8 Å². The van der Waals surface area contributed by atoms with Gasteiger partial charge in [0.2, 0.25) is 0 Å². The monoisotopic (exact) mass is 467 g/mol. The van der Waals surface area contributed by atoms with Crippen LogP contribution in [0.15, 0.2) is 36.5 Å². The second kappa shape index (κ2) is 10.1. The number of fused-ring (bicyclic) bond motifs is 2. The lowest BCUT2D eigenvalue weighted by Gasteiger charge is -2.31. The molecule has 0 radical (unpaired) electrons. The summed E-state index contributed by atoms with van der Waals surface area (Å²) in [6.45, 7) is -4.38. The minimum Gasteiger partial charge on any atom is -0.491 e. The van der Waals surface area contributed by atoms with E-state index in [1.165, 1.54) is 17.8 Å². The van der Waals surface area contributed by atoms with Crippen LogP contribution in [0, 0.1) is 0 Å². The molecule has 1 aliphatic rings. The smallest absolute Gasteiger partial charge is 0.387 e. The Hall–Kier alpha value is -3.34. The first-order chi connectivity index (χ1) is 15.9. The highest BCUT2D eigenvalue weighted by molar-refractivity contribution is 5.93. The Morgan fingerprint density at radius 3 is 2.45 bits per heavy atom. The number of benzene rings is 2. The Morgan fingerprint density at radius 1 is 0.970 bits per heavy atom. The van der Waals surface area contributed by atoms with E-state index in [1.54, 1.807) is 7.11 Å². The molecule has 0 spiro atoms. The summed E-state index contributed by atoms with van der Waals surface area (Å²) in [5.74, 6) is -0.323. The van der Waals surface area contributed by atoms with Crippen LogP contribution in [-0.2, 0) is 17.7 Å². The van der Waals surface area contributed by atoms with Gasteiger partial charge >= 0.3 is 13.2 Å². The summed E-state index contributed by atoms with van der Waals surface area (Å²) >= 11 is 0. The molecule has 2 aromatic carbocycles. The number of hydrogen-bond acceptors (Lipinski definition) is 7. The summed E-state index contributed by atoms with van der Waals surface area (Å²) < 4.78 is 70.7. The van der Waals surface area contributed by atoms with E-state index in [2.05, 4.69) is 19.7 Å². The van der Waals surface area contributed by atoms with Crippen molar-refractivity contribution in [1.82, 2.24) is 10.2 Å². The topological polar surface area (TPSA) is 65.9 Å². The molecular weight excluding hydrogens is 446 g/mol. The third kappa shape index (κ3) is 5.36. The Labute approximate surface area is 186 Å². The largest absolute Gasteiger partial charge is 0.491 e. The highest BCUT2D eigenvalue weighted by Crippen LogP contribution is 2.38. The number of nitrogens with zero attached hydrogens (tertiary/aromatic N) is 3. The summed E-state index contributed by atoms with van der Waals surface area (Å²) in [4.78, 5) is 2.01. The van der Waals surface area contributed by atoms with Crippen LogP contribution in [0.3, 0.4) is 0 Å². The van der Waals surface area contributed by atoms with Crippen molar-refractivity contribution in [3.05, 3.63) is 47.7 Å². The van der Waals surface area contributed by atoms with E-state index in [0.717, 1.165) is 18.1 Å². The third-order valence-electron chi connectivity index (χ3n) is 5.20. The lowest BCUT2D eigenvalue weighted by molar-refractivity contribution is -0.0690. The molecule has 3 aromatic rings. The van der Waals surface area contributed by atoms with Crippen molar-refractivity contribution in [2.45, 2.75) is 26.2 Å². The molecule has 33 heavy (non-hydrogen) atoms. The number of aromatic nitrogens is 2. The molecule has 0 saturated heterocycles. The second-order valence-corrected chi connectivity index (χ2v) is 7.25. The molecular formula is C22H21F4N3O4. The van der Waals surface area contributed by atoms with Crippen molar-refractivity contribution in [3.8, 4) is 17.2 Å². The van der Waals surface area contributed by atoms with Gasteiger partial charge in [-0.3, -0.25) is 0 Å². The van der Waals surface area contributed by atoms with Crippen molar-refractivity contribution >= 4 is 16.6 Å². The van der Waals surface area contributed by atoms with Gasteiger partial charge in [-0.2, -0.15) is 27.8 Å². The number of rotatable bonds is 9. The van der Waals surface area contributed by atoms with Crippen molar-refractivity contribution < 1.29 is 36.5 Å². The minimum atomic E-state index is -3.21. The third-order valence-corrected chi connectivity index (χ3v) is 5.20. The maximum atomic E-state index is 12.9. The van der Waals surface area contributed by atoms with Crippen LogP contribution in [0.5, 0.6) is 17.2 Å². The van der Waals surface area contributed by atoms with Gasteiger partial charge in [-0.25, -0.2) is 0 Å². The molecule has 2 heterocycles. The van der Waals surface area contributed by atoms with Crippen LogP contribution < -0.4 is 19.1 Å². The summed E-state index contributed by atoms with van der Waals surface area (Å²) in [6, 6.07) is 8.22. The lowest BCUT2D eigenvalue weighted by Crippen LogP contribution is -2.30. The van der Waals surface area contributed by atoms with Gasteiger partial charge in [0.1, 0.15) is 12.4 Å². The molecule has 0 unspecified atom stereocenters. The Kier molecular flexibility index (Phi) is 6.97. The average Bonchev–Trinajstić information content (AvgIpc) is 2.78. The van der Waals surface area contributed by atoms with Crippen molar-refractivity contribution in [3.63, 3.8) is 0 Å². The zero-order valence-corrected chi connectivity index (χ0v) is 17.6. The molecule has 1 aromatic heterocycles. The van der Waals surface area contributed by atoms with Crippen LogP contribution in [0.4, 0.5) is 23.2 Å². The van der Waals surface area contributed by atoms with Gasteiger partial charge in [0, 0.05) is 31.7 Å². The van der Waals surface area contributed by atoms with Crippen molar-refractivity contribution in [1.29, 1.82) is 0 Å². The lowest BCUT2D eigenvalue weighted by atomic mass is 9.98. The van der Waals surface area contributed by atoms with E-state index >= 15 is 0 Å². The second-order valence-electron chi connectivity index (χ2n) is 7.25. The number of hydrogen-bond donors (Lipinski definition) is 0. The molecule has 0 N–H and O–H groups in total. The van der Waals surface area contributed by atoms with Crippen molar-refractivity contribution in [2.24, 2.45) is 0 Å². The zero-order valence-electron chi connectivity index (χ0n) is 17.6. The number of ether oxygens (including phenoxy) is 4. The summed E-state index contributed by atoms with van der Waals surface area (Å²) in [7, 11) is 1.60. The van der Waals surface area contributed by atoms with E-state index < -0.39 is 24.7 Å². The van der Waals surface area contributed by atoms with E-state index in [-0.39, 0.29) is 5.52 Å². The molecule has 0 atom stereocenters. The van der Waals surface area contributed by atoms with Crippen LogP contribution in [-0.4, -0.2) is 50.3 Å². The van der Waals surface area contributed by atoms with E-state index in [9.17, 15) is 17.6 Å². The number of halogens is 4. The fraction of sp³-hybridized carbons (Fsp3) is 0.364. The van der Waals surface area contributed by atoms with Crippen LogP contribution in [0.1, 0.15) is 11.1 Å². The van der Waals surface area contributed by atoms with Gasteiger partial charge in [0.25, 0.3) is 0 Å². The number of anilines is 1. The van der Waals surface area contributed by atoms with Gasteiger partial charge in [0.05, 0.1) is 24.0 Å². The van der Waals surface area contributed by atoms with Crippen LogP contribution in [0.25, 0.3) is 10.9 Å². The van der Waals surface area contributed by atoms with Crippen LogP contribution >= 0.6 is 0 Å². The number of alkyl halides is 4. The quantitative estimate of drug-likeness (QED) is 0.341. The molecule has 0 fully saturated rings. The molecule has 4 rings (SSSR count). The van der Waals surface area contributed by atoms with Crippen LogP contribution in [0.2, 0.25) is 0 Å². The van der Waals surface area contributed by atoms with Gasteiger partial charge in [-0.15, -0.1) is 0 Å². The van der Waals surface area contributed by atoms with Crippen molar-refractivity contribution in [2.75, 3.05) is 31.8 Å². The molecule has 1 aliphatic heterocycles. The minimum absolute atomic E-state index is 0.215. The fourth-order valence-electron chi connectivity index (χ4n) is 3.75. The van der Waals surface area contributed by atoms with Gasteiger partial charge in [0.15, 0.2) is 11.5 Å². The highest BCUT2D eigenvalue weighted by atomic mass is 19.3. The maximum absolute atomic E-state index is 12.9. The average molecular weight is 467 g/mol. The highest BCUT2D eigenvalue weighted by Gasteiger charge is 2.22. The summed E-state index contributed by atoms with van der Waals surface area (Å²) in [5, 5.41) is 8.34. The maximum Gasteiger partial charge on any atom is 0.387 e. The van der Waals surface area contributed by atoms with Gasteiger partial charge in [-0.05, 0) is 35.7 Å². The normalized spacial score (nSPS) is 13.5. The van der Waals surface area contributed by atoms with E-state index in [4.69, 9.17) is 9.47 Å². The molecule has 0 amide bonds. The predicted octanol–water partition coefficient (Wildman–Crippen LogP) is 4.42. The zero-order chi connectivity index (χ0) is 23.4. The molecule has 0 aliphatic carbocycles. The van der Waals surface area contributed by atoms with E-state index in [1.807, 2.05) is 23.1 Å². The number of methoxy groups -OCH3 is 1. The SMILES string of the molecule is COCCOc1ccc2c(c1)CN(c1cnnc3cc(OC(F)F)c(OC(F)F)cc13)CC2. The molecule has 0 bridgehead atoms. The summed E-state index contributed by atoms with van der Waals surface area (Å²) in [6.07, 6.45) is 2.25. The fourth-order valence-corrected chi connectivity index (χ4v) is 3.75. The standard InChI is InChI=1S/C22H21F4N3O4/c1-30-6-7-31-15-3-2-13-4-5-29(12-14(13)8-15)18-11-27-28-17-10-20(33-22(25)26)19(9-16(17)18)32-21(23)24/h2-3,8-11,21-22H,4-7,12H2,1H3. The molecule has 7 nitrogen and oxygen atoms in total. The first-order valence-corrected chi connectivity index (χ1v) is 10.1. The summed E-state index contributed by atoms with van der Waals surface area (Å²) in [5.41, 5.74) is 3.04. The Morgan fingerprint density at radius 2 is 1.73 bits per heavy atom. The molecule has 0 saturated carbocycles. The first kappa shape index (κ1) is 22.8. The predicted molar refractivity (Wildman–Crippen MR) is 111 cm³/mol. The molecule has 176 valence electrons. The van der Waals surface area contributed by atoms with Gasteiger partial charge in [-0.1, -0.05) is 6.07 Å². The Balaban J connectivity index is 1.66. The van der Waals surface area contributed by atoms with E-state index in [0.29, 0.717) is 43.1 Å². The first-order valence-electron chi connectivity index (χ1n) is 10.1. The Bertz CT molecular complexity index is 1120. The molecule has 11 heteroatoms.